The fourth-order valence-corrected chi connectivity index (χ4v) is 3.05. The van der Waals surface area contributed by atoms with Gasteiger partial charge in [0.15, 0.2) is 0 Å². The van der Waals surface area contributed by atoms with Crippen molar-refractivity contribution < 1.29 is 0 Å². The summed E-state index contributed by atoms with van der Waals surface area (Å²) in [4.78, 5) is 4.44. The Bertz CT molecular complexity index is 396. The van der Waals surface area contributed by atoms with Gasteiger partial charge < -0.3 is 5.32 Å². The van der Waals surface area contributed by atoms with E-state index in [1.54, 1.807) is 12.3 Å². The second-order valence-electron chi connectivity index (χ2n) is 5.28. The number of hydrogen-bond acceptors (Lipinski definition) is 2. The Labute approximate surface area is 133 Å². The zero-order valence-corrected chi connectivity index (χ0v) is 14.3. The molecule has 2 atom stereocenters. The molecule has 0 spiro atoms. The third-order valence-electron chi connectivity index (χ3n) is 3.73. The van der Waals surface area contributed by atoms with Crippen LogP contribution in [0.3, 0.4) is 0 Å². The van der Waals surface area contributed by atoms with Crippen molar-refractivity contribution in [1.82, 2.24) is 10.3 Å². The van der Waals surface area contributed by atoms with E-state index < -0.39 is 0 Å². The highest BCUT2D eigenvalue weighted by molar-refractivity contribution is 6.34. The molecular weight excluding hydrogens is 291 g/mol. The zero-order chi connectivity index (χ0) is 15.0. The summed E-state index contributed by atoms with van der Waals surface area (Å²) in [6, 6.07) is 1.99. The molecule has 0 aromatic carbocycles. The van der Waals surface area contributed by atoms with Crippen LogP contribution < -0.4 is 5.32 Å². The molecule has 0 aliphatic carbocycles. The molecule has 0 aliphatic heterocycles. The lowest BCUT2D eigenvalue weighted by Crippen LogP contribution is -2.24. The summed E-state index contributed by atoms with van der Waals surface area (Å²) in [5, 5.41) is 4.76. The highest BCUT2D eigenvalue weighted by Gasteiger charge is 2.19. The van der Waals surface area contributed by atoms with Crippen molar-refractivity contribution in [2.75, 3.05) is 6.54 Å². The molecule has 0 saturated carbocycles. The summed E-state index contributed by atoms with van der Waals surface area (Å²) in [5.41, 5.74) is 0.924. The fourth-order valence-electron chi connectivity index (χ4n) is 2.53. The van der Waals surface area contributed by atoms with Crippen molar-refractivity contribution in [2.24, 2.45) is 5.92 Å². The van der Waals surface area contributed by atoms with Crippen LogP contribution in [-0.4, -0.2) is 11.5 Å². The normalized spacial score (nSPS) is 14.2. The first kappa shape index (κ1) is 17.7. The number of unbranched alkanes of at least 4 members (excludes halogenated alkanes) is 1. The van der Waals surface area contributed by atoms with Gasteiger partial charge in [0, 0.05) is 6.20 Å². The van der Waals surface area contributed by atoms with Gasteiger partial charge in [0.05, 0.1) is 21.8 Å². The van der Waals surface area contributed by atoms with Crippen molar-refractivity contribution >= 4 is 23.2 Å². The molecule has 1 rings (SSSR count). The van der Waals surface area contributed by atoms with Crippen LogP contribution in [0, 0.1) is 5.92 Å². The summed E-state index contributed by atoms with van der Waals surface area (Å²) in [7, 11) is 0. The van der Waals surface area contributed by atoms with Gasteiger partial charge in [-0.15, -0.1) is 0 Å². The highest BCUT2D eigenvalue weighted by atomic mass is 35.5. The zero-order valence-electron chi connectivity index (χ0n) is 12.8. The van der Waals surface area contributed by atoms with Gasteiger partial charge in [-0.3, -0.25) is 4.98 Å². The van der Waals surface area contributed by atoms with Crippen LogP contribution in [0.4, 0.5) is 0 Å². The molecule has 0 bridgehead atoms. The van der Waals surface area contributed by atoms with Crippen LogP contribution in [0.5, 0.6) is 0 Å². The van der Waals surface area contributed by atoms with E-state index in [4.69, 9.17) is 23.2 Å². The minimum atomic E-state index is 0.214. The maximum Gasteiger partial charge on any atom is 0.0760 e. The van der Waals surface area contributed by atoms with E-state index in [9.17, 15) is 0 Å². The Balaban J connectivity index is 2.81. The van der Waals surface area contributed by atoms with Gasteiger partial charge >= 0.3 is 0 Å². The summed E-state index contributed by atoms with van der Waals surface area (Å²) in [6.07, 6.45) is 7.79. The molecule has 0 aliphatic rings. The van der Waals surface area contributed by atoms with Gasteiger partial charge in [-0.25, -0.2) is 0 Å². The third kappa shape index (κ3) is 5.59. The smallest absolute Gasteiger partial charge is 0.0760 e. The van der Waals surface area contributed by atoms with Crippen LogP contribution in [0.15, 0.2) is 12.3 Å². The number of aromatic nitrogens is 1. The van der Waals surface area contributed by atoms with Gasteiger partial charge in [-0.1, -0.05) is 69.7 Å². The summed E-state index contributed by atoms with van der Waals surface area (Å²) in [6.45, 7) is 7.53. The molecule has 0 radical (unpaired) electrons. The van der Waals surface area contributed by atoms with Gasteiger partial charge in [0.25, 0.3) is 0 Å². The van der Waals surface area contributed by atoms with Gasteiger partial charge in [0.2, 0.25) is 0 Å². The summed E-state index contributed by atoms with van der Waals surface area (Å²) >= 11 is 12.2. The van der Waals surface area contributed by atoms with Crippen molar-refractivity contribution in [1.29, 1.82) is 0 Å². The maximum absolute atomic E-state index is 6.30. The van der Waals surface area contributed by atoms with Crippen LogP contribution in [0.1, 0.15) is 64.6 Å². The van der Waals surface area contributed by atoms with Crippen molar-refractivity contribution in [3.63, 3.8) is 0 Å². The van der Waals surface area contributed by atoms with E-state index in [1.165, 1.54) is 25.7 Å². The Kier molecular flexibility index (Phi) is 8.51. The van der Waals surface area contributed by atoms with Crippen LogP contribution >= 0.6 is 23.2 Å². The molecule has 1 heterocycles. The van der Waals surface area contributed by atoms with Gasteiger partial charge in [0.1, 0.15) is 0 Å². The Morgan fingerprint density at radius 2 is 2.00 bits per heavy atom. The quantitative estimate of drug-likeness (QED) is 0.637. The minimum Gasteiger partial charge on any atom is -0.309 e. The molecule has 1 aromatic rings. The topological polar surface area (TPSA) is 24.9 Å². The first-order chi connectivity index (χ1) is 9.62. The molecule has 2 unspecified atom stereocenters. The molecule has 114 valence electrons. The van der Waals surface area contributed by atoms with E-state index in [0.717, 1.165) is 18.7 Å². The molecule has 0 amide bonds. The highest BCUT2D eigenvalue weighted by Crippen LogP contribution is 2.30. The molecule has 0 fully saturated rings. The van der Waals surface area contributed by atoms with Crippen LogP contribution in [0.25, 0.3) is 0 Å². The van der Waals surface area contributed by atoms with Gasteiger partial charge in [-0.2, -0.15) is 0 Å². The minimum absolute atomic E-state index is 0.214. The Hall–Kier alpha value is -0.310. The van der Waals surface area contributed by atoms with Crippen LogP contribution in [0.2, 0.25) is 10.0 Å². The average molecular weight is 317 g/mol. The predicted molar refractivity (Wildman–Crippen MR) is 88.6 cm³/mol. The van der Waals surface area contributed by atoms with E-state index in [1.807, 2.05) is 0 Å². The fraction of sp³-hybridized carbons (Fsp3) is 0.688. The van der Waals surface area contributed by atoms with Gasteiger partial charge in [-0.05, 0) is 24.9 Å². The number of nitrogens with zero attached hydrogens (tertiary/aromatic N) is 1. The molecule has 4 heteroatoms. The van der Waals surface area contributed by atoms with E-state index >= 15 is 0 Å². The predicted octanol–water partition coefficient (Wildman–Crippen LogP) is 5.65. The lowest BCUT2D eigenvalue weighted by Gasteiger charge is -2.24. The molecule has 1 N–H and O–H groups in total. The van der Waals surface area contributed by atoms with Crippen molar-refractivity contribution in [2.45, 2.75) is 58.9 Å². The lowest BCUT2D eigenvalue weighted by molar-refractivity contribution is 0.353. The first-order valence-electron chi connectivity index (χ1n) is 7.66. The average Bonchev–Trinajstić information content (AvgIpc) is 2.42. The third-order valence-corrected chi connectivity index (χ3v) is 4.24. The lowest BCUT2D eigenvalue weighted by atomic mass is 9.90. The first-order valence-corrected chi connectivity index (χ1v) is 8.42. The number of halogens is 2. The van der Waals surface area contributed by atoms with E-state index in [-0.39, 0.29) is 6.04 Å². The Morgan fingerprint density at radius 1 is 1.25 bits per heavy atom. The second-order valence-corrected chi connectivity index (χ2v) is 6.13. The van der Waals surface area contributed by atoms with E-state index in [2.05, 4.69) is 31.1 Å². The summed E-state index contributed by atoms with van der Waals surface area (Å²) < 4.78 is 0. The largest absolute Gasteiger partial charge is 0.309 e. The monoisotopic (exact) mass is 316 g/mol. The molecule has 20 heavy (non-hydrogen) atoms. The van der Waals surface area contributed by atoms with Crippen LogP contribution in [-0.2, 0) is 0 Å². The van der Waals surface area contributed by atoms with E-state index in [0.29, 0.717) is 16.0 Å². The van der Waals surface area contributed by atoms with Crippen molar-refractivity contribution in [3.05, 3.63) is 28.0 Å². The number of pyridine rings is 1. The molecular formula is C16H26Cl2N2. The number of nitrogens with one attached hydrogen (secondary N) is 1. The molecule has 2 nitrogen and oxygen atoms in total. The SMILES string of the molecule is CCCCC(CC)CC(NCC)c1ncc(Cl)cc1Cl. The summed E-state index contributed by atoms with van der Waals surface area (Å²) in [5.74, 6) is 0.715. The standard InChI is InChI=1S/C16H26Cl2N2/c1-4-7-8-12(5-2)9-15(19-6-3)16-14(18)10-13(17)11-20-16/h10-12,15,19H,4-9H2,1-3H3. The Morgan fingerprint density at radius 3 is 2.55 bits per heavy atom. The second kappa shape index (κ2) is 9.59. The molecule has 0 saturated heterocycles. The number of hydrogen-bond donors (Lipinski definition) is 1. The number of rotatable bonds is 9. The van der Waals surface area contributed by atoms with Crippen molar-refractivity contribution in [3.8, 4) is 0 Å². The molecule has 1 aromatic heterocycles. The maximum atomic E-state index is 6.30.